The van der Waals surface area contributed by atoms with Gasteiger partial charge in [-0.2, -0.15) is 0 Å². The van der Waals surface area contributed by atoms with Crippen molar-refractivity contribution in [1.82, 2.24) is 4.90 Å². The number of methoxy groups -OCH3 is 1. The van der Waals surface area contributed by atoms with Gasteiger partial charge in [-0.1, -0.05) is 24.2 Å². The van der Waals surface area contributed by atoms with E-state index in [1.807, 2.05) is 54.3 Å². The Kier molecular flexibility index (Phi) is 5.55. The summed E-state index contributed by atoms with van der Waals surface area (Å²) in [5.41, 5.74) is 2.80. The summed E-state index contributed by atoms with van der Waals surface area (Å²) in [6.45, 7) is 3.08. The molecule has 0 aromatic heterocycles. The number of oxime groups is 1. The minimum atomic E-state index is -0.184. The van der Waals surface area contributed by atoms with E-state index in [9.17, 15) is 4.79 Å². The van der Waals surface area contributed by atoms with E-state index in [2.05, 4.69) is 5.16 Å². The van der Waals surface area contributed by atoms with Crippen LogP contribution >= 0.6 is 0 Å². The fourth-order valence-electron chi connectivity index (χ4n) is 3.49. The van der Waals surface area contributed by atoms with Crippen molar-refractivity contribution >= 4 is 11.6 Å². The van der Waals surface area contributed by atoms with Crippen LogP contribution in [0.1, 0.15) is 30.9 Å². The van der Waals surface area contributed by atoms with E-state index in [0.29, 0.717) is 25.9 Å². The Hall–Kier alpha value is -3.22. The molecule has 0 bridgehead atoms. The molecule has 2 aromatic rings. The normalized spacial score (nSPS) is 16.9. The molecule has 152 valence electrons. The molecule has 0 spiro atoms. The molecule has 0 unspecified atom stereocenters. The molecule has 7 nitrogen and oxygen atoms in total. The third kappa shape index (κ3) is 4.29. The first-order chi connectivity index (χ1) is 14.2. The summed E-state index contributed by atoms with van der Waals surface area (Å²) in [6.07, 6.45) is 0.884. The van der Waals surface area contributed by atoms with Gasteiger partial charge in [0.25, 0.3) is 0 Å². The van der Waals surface area contributed by atoms with Gasteiger partial charge >= 0.3 is 0 Å². The summed E-state index contributed by atoms with van der Waals surface area (Å²) in [6, 6.07) is 13.5. The van der Waals surface area contributed by atoms with Crippen molar-refractivity contribution in [2.75, 3.05) is 20.4 Å². The van der Waals surface area contributed by atoms with E-state index in [1.54, 1.807) is 7.11 Å². The lowest BCUT2D eigenvalue weighted by Gasteiger charge is -2.24. The van der Waals surface area contributed by atoms with Gasteiger partial charge in [0, 0.05) is 24.9 Å². The highest BCUT2D eigenvalue weighted by molar-refractivity contribution is 6.01. The van der Waals surface area contributed by atoms with Crippen molar-refractivity contribution < 1.29 is 23.8 Å². The molecular weight excluding hydrogens is 372 g/mol. The van der Waals surface area contributed by atoms with Crippen LogP contribution in [0.25, 0.3) is 0 Å². The van der Waals surface area contributed by atoms with Gasteiger partial charge in [-0.3, -0.25) is 4.79 Å². The summed E-state index contributed by atoms with van der Waals surface area (Å²) in [5, 5.41) is 4.25. The van der Waals surface area contributed by atoms with Crippen LogP contribution in [0.3, 0.4) is 0 Å². The molecule has 0 saturated heterocycles. The van der Waals surface area contributed by atoms with Gasteiger partial charge < -0.3 is 23.9 Å². The maximum absolute atomic E-state index is 12.5. The number of hydrogen-bond donors (Lipinski definition) is 0. The number of benzene rings is 2. The van der Waals surface area contributed by atoms with Crippen LogP contribution < -0.4 is 14.2 Å². The van der Waals surface area contributed by atoms with Crippen LogP contribution in [0, 0.1) is 0 Å². The fraction of sp³-hybridized carbons (Fsp3) is 0.364. The van der Waals surface area contributed by atoms with Crippen LogP contribution in [0.4, 0.5) is 0 Å². The highest BCUT2D eigenvalue weighted by Crippen LogP contribution is 2.33. The third-order valence-electron chi connectivity index (χ3n) is 5.03. The van der Waals surface area contributed by atoms with E-state index in [-0.39, 0.29) is 18.8 Å². The molecule has 2 aromatic carbocycles. The minimum absolute atomic E-state index is 0.0768. The first kappa shape index (κ1) is 19.1. The van der Waals surface area contributed by atoms with Gasteiger partial charge in [-0.15, -0.1) is 0 Å². The Bertz CT molecular complexity index is 927. The second-order valence-electron chi connectivity index (χ2n) is 7.02. The molecule has 2 aliphatic heterocycles. The third-order valence-corrected chi connectivity index (χ3v) is 5.03. The number of hydrogen-bond acceptors (Lipinski definition) is 6. The molecule has 0 saturated carbocycles. The number of fused-ring (bicyclic) bond motifs is 1. The lowest BCUT2D eigenvalue weighted by molar-refractivity contribution is -0.133. The largest absolute Gasteiger partial charge is 0.497 e. The number of carbonyl (C=O) groups excluding carboxylic acids is 1. The Morgan fingerprint density at radius 2 is 2.07 bits per heavy atom. The monoisotopic (exact) mass is 396 g/mol. The maximum atomic E-state index is 12.5. The number of ether oxygens (including phenoxy) is 3. The van der Waals surface area contributed by atoms with Crippen molar-refractivity contribution in [3.05, 3.63) is 53.6 Å². The summed E-state index contributed by atoms with van der Waals surface area (Å²) in [7, 11) is 1.63. The molecule has 0 radical (unpaired) electrons. The molecule has 7 heteroatoms. The number of carbonyl (C=O) groups is 1. The topological polar surface area (TPSA) is 69.6 Å². The molecule has 1 atom stereocenters. The van der Waals surface area contributed by atoms with E-state index >= 15 is 0 Å². The molecular formula is C22H24N2O5. The smallest absolute Gasteiger partial charge is 0.231 e. The van der Waals surface area contributed by atoms with Crippen LogP contribution in [0.5, 0.6) is 17.2 Å². The van der Waals surface area contributed by atoms with Crippen molar-refractivity contribution in [1.29, 1.82) is 0 Å². The molecule has 0 fully saturated rings. The predicted molar refractivity (Wildman–Crippen MR) is 107 cm³/mol. The zero-order valence-corrected chi connectivity index (χ0v) is 16.6. The Morgan fingerprint density at radius 1 is 1.21 bits per heavy atom. The van der Waals surface area contributed by atoms with Crippen molar-refractivity contribution in [2.45, 2.75) is 32.4 Å². The minimum Gasteiger partial charge on any atom is -0.497 e. The maximum Gasteiger partial charge on any atom is 0.231 e. The zero-order valence-electron chi connectivity index (χ0n) is 16.6. The van der Waals surface area contributed by atoms with Crippen LogP contribution in [-0.2, 0) is 16.2 Å². The number of nitrogens with zero attached hydrogens (tertiary/aromatic N) is 2. The summed E-state index contributed by atoms with van der Waals surface area (Å²) < 4.78 is 16.1. The zero-order chi connectivity index (χ0) is 20.2. The lowest BCUT2D eigenvalue weighted by atomic mass is 10.0. The molecule has 0 N–H and O–H groups in total. The average molecular weight is 396 g/mol. The predicted octanol–water partition coefficient (Wildman–Crippen LogP) is 3.36. The van der Waals surface area contributed by atoms with E-state index in [4.69, 9.17) is 19.0 Å². The van der Waals surface area contributed by atoms with Gasteiger partial charge in [0.15, 0.2) is 17.6 Å². The van der Waals surface area contributed by atoms with Gasteiger partial charge in [-0.25, -0.2) is 0 Å². The summed E-state index contributed by atoms with van der Waals surface area (Å²) >= 11 is 0. The average Bonchev–Trinajstić information content (AvgIpc) is 3.41. The van der Waals surface area contributed by atoms with Crippen LogP contribution in [0.15, 0.2) is 47.6 Å². The SMILES string of the molecule is CCC(=O)N(Cc1cccc(OC)c1)C[C@H]1CC(c2ccc3c(c2)OCO3)=NO1. The summed E-state index contributed by atoms with van der Waals surface area (Å²) in [4.78, 5) is 20.0. The number of amides is 1. The van der Waals surface area contributed by atoms with Crippen LogP contribution in [0.2, 0.25) is 0 Å². The van der Waals surface area contributed by atoms with Crippen molar-refractivity contribution in [2.24, 2.45) is 5.16 Å². The Labute approximate surface area is 169 Å². The Morgan fingerprint density at radius 3 is 2.90 bits per heavy atom. The molecule has 2 heterocycles. The second kappa shape index (κ2) is 8.43. The lowest BCUT2D eigenvalue weighted by Crippen LogP contribution is -2.36. The fourth-order valence-corrected chi connectivity index (χ4v) is 3.49. The molecule has 0 aliphatic carbocycles. The molecule has 29 heavy (non-hydrogen) atoms. The van der Waals surface area contributed by atoms with Crippen molar-refractivity contribution in [3.8, 4) is 17.2 Å². The van der Waals surface area contributed by atoms with Gasteiger partial charge in [0.2, 0.25) is 12.7 Å². The highest BCUT2D eigenvalue weighted by Gasteiger charge is 2.27. The highest BCUT2D eigenvalue weighted by atomic mass is 16.7. The quantitative estimate of drug-likeness (QED) is 0.718. The standard InChI is InChI=1S/C22H24N2O5/c1-3-22(25)24(12-15-5-4-6-17(9-15)26-2)13-18-11-19(23-29-18)16-7-8-20-21(10-16)28-14-27-20/h4-10,18H,3,11-14H2,1-2H3/t18-/m1/s1. The first-order valence-corrected chi connectivity index (χ1v) is 9.69. The van der Waals surface area contributed by atoms with E-state index < -0.39 is 0 Å². The van der Waals surface area contributed by atoms with E-state index in [0.717, 1.165) is 34.1 Å². The van der Waals surface area contributed by atoms with Gasteiger partial charge in [0.1, 0.15) is 5.75 Å². The van der Waals surface area contributed by atoms with E-state index in [1.165, 1.54) is 0 Å². The second-order valence-corrected chi connectivity index (χ2v) is 7.02. The molecule has 1 amide bonds. The van der Waals surface area contributed by atoms with Crippen LogP contribution in [-0.4, -0.2) is 43.1 Å². The Balaban J connectivity index is 1.41. The van der Waals surface area contributed by atoms with Gasteiger partial charge in [-0.05, 0) is 35.9 Å². The molecule has 4 rings (SSSR count). The number of rotatable bonds is 7. The van der Waals surface area contributed by atoms with Crippen molar-refractivity contribution in [3.63, 3.8) is 0 Å². The summed E-state index contributed by atoms with van der Waals surface area (Å²) in [5.74, 6) is 2.31. The first-order valence-electron chi connectivity index (χ1n) is 9.69. The van der Waals surface area contributed by atoms with Gasteiger partial charge in [0.05, 0.1) is 19.4 Å². The molecule has 2 aliphatic rings.